The zero-order valence-electron chi connectivity index (χ0n) is 14.4. The molecule has 138 valence electrons. The number of nitrogen functional groups attached to an aromatic ring is 1. The monoisotopic (exact) mass is 366 g/mol. The van der Waals surface area contributed by atoms with Crippen LogP contribution in [0.1, 0.15) is 12.0 Å². The van der Waals surface area contributed by atoms with Crippen LogP contribution in [0.4, 0.5) is 10.5 Å². The number of amides is 3. The first-order chi connectivity index (χ1) is 12.9. The maximum atomic E-state index is 12.4. The summed E-state index contributed by atoms with van der Waals surface area (Å²) in [6.45, 7) is -0.241. The fourth-order valence-corrected chi connectivity index (χ4v) is 2.85. The lowest BCUT2D eigenvalue weighted by molar-refractivity contribution is -0.137. The fourth-order valence-electron chi connectivity index (χ4n) is 2.85. The highest BCUT2D eigenvalue weighted by Crippen LogP contribution is 2.26. The Hall–Kier alpha value is -3.68. The average molecular weight is 366 g/mol. The molecule has 0 aliphatic carbocycles. The smallest absolute Gasteiger partial charge is 0.331 e. The number of imide groups is 1. The van der Waals surface area contributed by atoms with E-state index in [1.54, 1.807) is 24.3 Å². The van der Waals surface area contributed by atoms with E-state index in [4.69, 9.17) is 16.2 Å². The van der Waals surface area contributed by atoms with Crippen molar-refractivity contribution in [2.75, 3.05) is 18.0 Å². The van der Waals surface area contributed by atoms with Crippen molar-refractivity contribution in [3.8, 4) is 11.1 Å². The minimum absolute atomic E-state index is 0.00145. The largest absolute Gasteiger partial charge is 0.481 e. The molecule has 1 heterocycles. The predicted octanol–water partition coefficient (Wildman–Crippen LogP) is 1.88. The molecule has 2 aromatic carbocycles. The number of aliphatic carboxylic acids is 1. The maximum absolute atomic E-state index is 12.4. The van der Waals surface area contributed by atoms with Gasteiger partial charge in [-0.15, -0.1) is 0 Å². The van der Waals surface area contributed by atoms with Gasteiger partial charge in [-0.25, -0.2) is 4.79 Å². The van der Waals surface area contributed by atoms with Gasteiger partial charge in [0.05, 0.1) is 6.42 Å². The Labute approximate surface area is 155 Å². The van der Waals surface area contributed by atoms with Gasteiger partial charge in [-0.05, 0) is 23.3 Å². The highest BCUT2D eigenvalue weighted by Gasteiger charge is 2.36. The van der Waals surface area contributed by atoms with Gasteiger partial charge in [0.1, 0.15) is 12.4 Å². The minimum Gasteiger partial charge on any atom is -0.481 e. The Morgan fingerprint density at radius 2 is 1.59 bits per heavy atom. The van der Waals surface area contributed by atoms with E-state index in [9.17, 15) is 14.4 Å². The minimum atomic E-state index is -1.06. The number of benzene rings is 2. The Bertz CT molecular complexity index is 906. The Balaban J connectivity index is 1.75. The van der Waals surface area contributed by atoms with Crippen LogP contribution in [0, 0.1) is 5.41 Å². The molecule has 0 bridgehead atoms. The topological polar surface area (TPSA) is 128 Å². The fraction of sp³-hybridized carbons (Fsp3) is 0.158. The summed E-state index contributed by atoms with van der Waals surface area (Å²) in [4.78, 5) is 37.3. The highest BCUT2D eigenvalue weighted by molar-refractivity contribution is 6.12. The standard InChI is InChI=1S/C19H18N4O4/c20-18(21)14-3-1-12(2-4-14)13-5-7-15(8-6-13)23-11-16(24)22(19(23)27)10-9-17(25)26/h1-8H,9-11H2,(H3,20,21)(H,25,26). The molecule has 2 aromatic rings. The number of nitrogens with one attached hydrogen (secondary N) is 1. The van der Waals surface area contributed by atoms with Gasteiger partial charge in [-0.3, -0.25) is 24.8 Å². The maximum Gasteiger partial charge on any atom is 0.331 e. The molecule has 27 heavy (non-hydrogen) atoms. The second kappa shape index (κ2) is 7.28. The van der Waals surface area contributed by atoms with Crippen molar-refractivity contribution in [2.24, 2.45) is 5.73 Å². The van der Waals surface area contributed by atoms with Crippen molar-refractivity contribution >= 4 is 29.4 Å². The van der Waals surface area contributed by atoms with E-state index >= 15 is 0 Å². The third-order valence-corrected chi connectivity index (χ3v) is 4.31. The molecule has 0 atom stereocenters. The third kappa shape index (κ3) is 3.79. The van der Waals surface area contributed by atoms with Crippen LogP contribution in [-0.2, 0) is 9.59 Å². The summed E-state index contributed by atoms with van der Waals surface area (Å²) in [6, 6.07) is 13.8. The van der Waals surface area contributed by atoms with E-state index in [-0.39, 0.29) is 25.3 Å². The number of urea groups is 1. The van der Waals surface area contributed by atoms with Crippen LogP contribution in [0.25, 0.3) is 11.1 Å². The quantitative estimate of drug-likeness (QED) is 0.408. The first-order valence-corrected chi connectivity index (χ1v) is 8.25. The van der Waals surface area contributed by atoms with Crippen LogP contribution < -0.4 is 10.6 Å². The Morgan fingerprint density at radius 1 is 1.04 bits per heavy atom. The summed E-state index contributed by atoms with van der Waals surface area (Å²) < 4.78 is 0. The van der Waals surface area contributed by atoms with Gasteiger partial charge >= 0.3 is 12.0 Å². The second-order valence-corrected chi connectivity index (χ2v) is 6.10. The van der Waals surface area contributed by atoms with E-state index in [0.717, 1.165) is 16.0 Å². The molecule has 0 unspecified atom stereocenters. The highest BCUT2D eigenvalue weighted by atomic mass is 16.4. The van der Waals surface area contributed by atoms with Gasteiger partial charge in [0.25, 0.3) is 5.91 Å². The summed E-state index contributed by atoms with van der Waals surface area (Å²) >= 11 is 0. The van der Waals surface area contributed by atoms with E-state index in [2.05, 4.69) is 0 Å². The lowest BCUT2D eigenvalue weighted by Gasteiger charge is -2.17. The average Bonchev–Trinajstić information content (AvgIpc) is 2.94. The summed E-state index contributed by atoms with van der Waals surface area (Å²) in [5.74, 6) is -1.47. The molecule has 3 rings (SSSR count). The lowest BCUT2D eigenvalue weighted by Crippen LogP contribution is -2.34. The molecule has 0 radical (unpaired) electrons. The van der Waals surface area contributed by atoms with Gasteiger partial charge in [0.15, 0.2) is 0 Å². The molecular formula is C19H18N4O4. The molecule has 0 saturated carbocycles. The second-order valence-electron chi connectivity index (χ2n) is 6.10. The first kappa shape index (κ1) is 18.1. The zero-order valence-corrected chi connectivity index (χ0v) is 14.4. The van der Waals surface area contributed by atoms with E-state index < -0.39 is 17.9 Å². The molecule has 1 saturated heterocycles. The van der Waals surface area contributed by atoms with Gasteiger partial charge < -0.3 is 10.8 Å². The normalized spacial score (nSPS) is 13.9. The van der Waals surface area contributed by atoms with Crippen molar-refractivity contribution in [1.82, 2.24) is 4.90 Å². The summed E-state index contributed by atoms with van der Waals surface area (Å²) in [5, 5.41) is 16.1. The number of anilines is 1. The number of nitrogens with two attached hydrogens (primary N) is 1. The summed E-state index contributed by atoms with van der Waals surface area (Å²) in [6.07, 6.45) is -0.277. The SMILES string of the molecule is N=C(N)c1ccc(-c2ccc(N3CC(=O)N(CCC(=O)O)C3=O)cc2)cc1. The number of hydrogen-bond donors (Lipinski definition) is 3. The summed E-state index contributed by atoms with van der Waals surface area (Å²) in [5.41, 5.74) is 8.49. The molecule has 0 aromatic heterocycles. The third-order valence-electron chi connectivity index (χ3n) is 4.31. The molecule has 3 amide bonds. The number of carboxylic acid groups (broad SMARTS) is 1. The van der Waals surface area contributed by atoms with Crippen LogP contribution >= 0.6 is 0 Å². The van der Waals surface area contributed by atoms with E-state index in [1.807, 2.05) is 24.3 Å². The predicted molar refractivity (Wildman–Crippen MR) is 99.6 cm³/mol. The van der Waals surface area contributed by atoms with Crippen molar-refractivity contribution in [1.29, 1.82) is 5.41 Å². The van der Waals surface area contributed by atoms with E-state index in [0.29, 0.717) is 11.3 Å². The van der Waals surface area contributed by atoms with Gasteiger partial charge in [0.2, 0.25) is 0 Å². The van der Waals surface area contributed by atoms with Crippen molar-refractivity contribution in [3.63, 3.8) is 0 Å². The Morgan fingerprint density at radius 3 is 2.11 bits per heavy atom. The molecule has 0 spiro atoms. The van der Waals surface area contributed by atoms with Crippen LogP contribution in [0.3, 0.4) is 0 Å². The number of carbonyl (C=O) groups is 3. The van der Waals surface area contributed by atoms with Crippen LogP contribution in [-0.4, -0.2) is 46.8 Å². The number of carboxylic acids is 1. The van der Waals surface area contributed by atoms with Crippen molar-refractivity contribution < 1.29 is 19.5 Å². The van der Waals surface area contributed by atoms with Crippen molar-refractivity contribution in [3.05, 3.63) is 54.1 Å². The molecule has 1 aliphatic rings. The number of nitrogens with zero attached hydrogens (tertiary/aromatic N) is 2. The first-order valence-electron chi connectivity index (χ1n) is 8.25. The lowest BCUT2D eigenvalue weighted by atomic mass is 10.0. The zero-order chi connectivity index (χ0) is 19.6. The Kier molecular flexibility index (Phi) is 4.89. The van der Waals surface area contributed by atoms with Crippen molar-refractivity contribution in [2.45, 2.75) is 6.42 Å². The number of hydrogen-bond acceptors (Lipinski definition) is 4. The molecule has 8 nitrogen and oxygen atoms in total. The van der Waals surface area contributed by atoms with Crippen LogP contribution in [0.5, 0.6) is 0 Å². The van der Waals surface area contributed by atoms with Gasteiger partial charge in [-0.2, -0.15) is 0 Å². The molecule has 1 aliphatic heterocycles. The van der Waals surface area contributed by atoms with E-state index in [1.165, 1.54) is 4.90 Å². The molecule has 1 fully saturated rings. The molecular weight excluding hydrogens is 348 g/mol. The number of amidine groups is 1. The summed E-state index contributed by atoms with van der Waals surface area (Å²) in [7, 11) is 0. The molecule has 8 heteroatoms. The van der Waals surface area contributed by atoms with Gasteiger partial charge in [0, 0.05) is 17.8 Å². The van der Waals surface area contributed by atoms with Crippen LogP contribution in [0.15, 0.2) is 48.5 Å². The number of carbonyl (C=O) groups excluding carboxylic acids is 2. The molecule has 4 N–H and O–H groups in total. The number of rotatable bonds is 6. The van der Waals surface area contributed by atoms with Gasteiger partial charge in [-0.1, -0.05) is 36.4 Å². The van der Waals surface area contributed by atoms with Crippen LogP contribution in [0.2, 0.25) is 0 Å².